The number of rotatable bonds is 7. The molecule has 0 saturated heterocycles. The van der Waals surface area contributed by atoms with Crippen LogP contribution in [0, 0.1) is 5.82 Å². The van der Waals surface area contributed by atoms with Gasteiger partial charge in [0.25, 0.3) is 0 Å². The molecule has 4 aromatic rings. The molecule has 0 atom stereocenters. The van der Waals surface area contributed by atoms with Gasteiger partial charge in [0.05, 0.1) is 19.3 Å². The summed E-state index contributed by atoms with van der Waals surface area (Å²) in [6.45, 7) is 2.79. The van der Waals surface area contributed by atoms with Crippen molar-refractivity contribution >= 4 is 23.3 Å². The molecule has 3 heterocycles. The number of aromatic nitrogens is 5. The van der Waals surface area contributed by atoms with Crippen molar-refractivity contribution in [2.24, 2.45) is 0 Å². The van der Waals surface area contributed by atoms with Crippen LogP contribution in [0.5, 0.6) is 6.01 Å². The van der Waals surface area contributed by atoms with E-state index in [1.54, 1.807) is 16.7 Å². The average molecular weight is 406 g/mol. The van der Waals surface area contributed by atoms with E-state index in [4.69, 9.17) is 10.5 Å². The van der Waals surface area contributed by atoms with E-state index in [0.29, 0.717) is 41.3 Å². The van der Waals surface area contributed by atoms with Gasteiger partial charge in [-0.2, -0.15) is 9.97 Å². The molecule has 4 rings (SSSR count). The van der Waals surface area contributed by atoms with Gasteiger partial charge in [0, 0.05) is 17.3 Å². The Labute approximate surface area is 171 Å². The molecule has 2 N–H and O–H groups in total. The first-order chi connectivity index (χ1) is 14.6. The van der Waals surface area contributed by atoms with Gasteiger partial charge in [-0.15, -0.1) is 0 Å². The molecule has 0 saturated carbocycles. The van der Waals surface area contributed by atoms with Crippen molar-refractivity contribution in [1.29, 1.82) is 0 Å². The molecule has 8 nitrogen and oxygen atoms in total. The fraction of sp³-hybridized carbons (Fsp3) is 0.190. The zero-order chi connectivity index (χ0) is 21.1. The molecule has 3 aromatic heterocycles. The first-order valence-corrected chi connectivity index (χ1v) is 9.40. The number of aldehydes is 1. The minimum absolute atomic E-state index is 0.156. The molecular formula is C21H19FN6O2. The van der Waals surface area contributed by atoms with E-state index in [0.717, 1.165) is 24.5 Å². The molecule has 0 bridgehead atoms. The van der Waals surface area contributed by atoms with Crippen molar-refractivity contribution in [3.05, 3.63) is 59.7 Å². The summed E-state index contributed by atoms with van der Waals surface area (Å²) in [7, 11) is 0. The fourth-order valence-electron chi connectivity index (χ4n) is 3.05. The van der Waals surface area contributed by atoms with Crippen molar-refractivity contribution in [2.45, 2.75) is 19.9 Å². The van der Waals surface area contributed by atoms with Crippen LogP contribution in [0.1, 0.15) is 29.3 Å². The third-order valence-electron chi connectivity index (χ3n) is 4.46. The highest BCUT2D eigenvalue weighted by atomic mass is 19.1. The van der Waals surface area contributed by atoms with E-state index in [1.165, 1.54) is 12.3 Å². The molecule has 152 valence electrons. The third-order valence-corrected chi connectivity index (χ3v) is 4.46. The third kappa shape index (κ3) is 3.82. The van der Waals surface area contributed by atoms with Crippen molar-refractivity contribution in [3.63, 3.8) is 0 Å². The lowest BCUT2D eigenvalue weighted by molar-refractivity contribution is 0.112. The van der Waals surface area contributed by atoms with Crippen LogP contribution < -0.4 is 10.5 Å². The number of nitrogens with two attached hydrogens (primary N) is 1. The summed E-state index contributed by atoms with van der Waals surface area (Å²) in [6, 6.07) is 8.62. The number of halogens is 1. The molecule has 0 fully saturated rings. The standard InChI is InChI=1S/C21H19FN6O2/c1-2-7-30-21-26-18(23)17-20(27-21)28(11-13-3-5-14(12-29)6-4-13)19(25-17)15-8-16(22)10-24-9-15/h3-6,8-10,12H,2,7,11H2,1H3,(H2,23,26,27). The number of carbonyl (C=O) groups is 1. The lowest BCUT2D eigenvalue weighted by Crippen LogP contribution is -2.07. The van der Waals surface area contributed by atoms with E-state index < -0.39 is 5.82 Å². The highest BCUT2D eigenvalue weighted by molar-refractivity contribution is 5.86. The molecule has 30 heavy (non-hydrogen) atoms. The summed E-state index contributed by atoms with van der Waals surface area (Å²) in [5.41, 5.74) is 8.93. The highest BCUT2D eigenvalue weighted by Crippen LogP contribution is 2.28. The zero-order valence-electron chi connectivity index (χ0n) is 16.2. The number of imidazole rings is 1. The van der Waals surface area contributed by atoms with Crippen LogP contribution in [0.25, 0.3) is 22.6 Å². The van der Waals surface area contributed by atoms with Crippen molar-refractivity contribution in [2.75, 3.05) is 12.3 Å². The van der Waals surface area contributed by atoms with Crippen LogP contribution in [0.3, 0.4) is 0 Å². The lowest BCUT2D eigenvalue weighted by atomic mass is 10.1. The van der Waals surface area contributed by atoms with E-state index in [1.807, 2.05) is 19.1 Å². The number of fused-ring (bicyclic) bond motifs is 1. The van der Waals surface area contributed by atoms with Gasteiger partial charge >= 0.3 is 6.01 Å². The Kier molecular flexibility index (Phi) is 5.34. The quantitative estimate of drug-likeness (QED) is 0.469. The second kappa shape index (κ2) is 8.24. The van der Waals surface area contributed by atoms with Crippen LogP contribution >= 0.6 is 0 Å². The molecule has 0 aliphatic carbocycles. The van der Waals surface area contributed by atoms with Crippen molar-refractivity contribution in [1.82, 2.24) is 24.5 Å². The first-order valence-electron chi connectivity index (χ1n) is 9.40. The topological polar surface area (TPSA) is 109 Å². The predicted octanol–water partition coefficient (Wildman–Crippen LogP) is 3.26. The van der Waals surface area contributed by atoms with Gasteiger partial charge in [0.2, 0.25) is 0 Å². The van der Waals surface area contributed by atoms with Gasteiger partial charge in [0.1, 0.15) is 17.9 Å². The average Bonchev–Trinajstić information content (AvgIpc) is 3.12. The number of nitrogen functional groups attached to an aromatic ring is 1. The normalized spacial score (nSPS) is 11.0. The van der Waals surface area contributed by atoms with Crippen LogP contribution in [-0.4, -0.2) is 37.4 Å². The van der Waals surface area contributed by atoms with E-state index in [-0.39, 0.29) is 11.8 Å². The first kappa shape index (κ1) is 19.4. The van der Waals surface area contributed by atoms with Crippen LogP contribution in [-0.2, 0) is 6.54 Å². The predicted molar refractivity (Wildman–Crippen MR) is 110 cm³/mol. The Hall–Kier alpha value is -3.88. The van der Waals surface area contributed by atoms with Crippen molar-refractivity contribution < 1.29 is 13.9 Å². The summed E-state index contributed by atoms with van der Waals surface area (Å²) >= 11 is 0. The van der Waals surface area contributed by atoms with E-state index >= 15 is 0 Å². The number of hydrogen-bond donors (Lipinski definition) is 1. The molecular weight excluding hydrogens is 387 g/mol. The van der Waals surface area contributed by atoms with Crippen LogP contribution in [0.2, 0.25) is 0 Å². The SMILES string of the molecule is CCCOc1nc(N)c2nc(-c3cncc(F)c3)n(Cc3ccc(C=O)cc3)c2n1. The smallest absolute Gasteiger partial charge is 0.320 e. The maximum absolute atomic E-state index is 13.8. The lowest BCUT2D eigenvalue weighted by Gasteiger charge is -2.10. The van der Waals surface area contributed by atoms with E-state index in [2.05, 4.69) is 19.9 Å². The number of anilines is 1. The molecule has 0 unspecified atom stereocenters. The number of carbonyl (C=O) groups excluding carboxylic acids is 1. The summed E-state index contributed by atoms with van der Waals surface area (Å²) in [4.78, 5) is 28.1. The van der Waals surface area contributed by atoms with Gasteiger partial charge in [-0.3, -0.25) is 9.78 Å². The van der Waals surface area contributed by atoms with Gasteiger partial charge in [-0.25, -0.2) is 9.37 Å². The van der Waals surface area contributed by atoms with Gasteiger partial charge in [-0.1, -0.05) is 31.2 Å². The molecule has 0 radical (unpaired) electrons. The Morgan fingerprint density at radius 3 is 2.67 bits per heavy atom. The molecule has 0 aliphatic heterocycles. The highest BCUT2D eigenvalue weighted by Gasteiger charge is 2.19. The Morgan fingerprint density at radius 1 is 1.17 bits per heavy atom. The fourth-order valence-corrected chi connectivity index (χ4v) is 3.05. The van der Waals surface area contributed by atoms with Gasteiger partial charge < -0.3 is 15.0 Å². The number of nitrogens with zero attached hydrogens (tertiary/aromatic N) is 5. The Bertz CT molecular complexity index is 1210. The number of hydrogen-bond acceptors (Lipinski definition) is 7. The minimum Gasteiger partial charge on any atom is -0.463 e. The number of pyridine rings is 1. The molecule has 9 heteroatoms. The minimum atomic E-state index is -0.479. The second-order valence-corrected chi connectivity index (χ2v) is 6.68. The molecule has 1 aromatic carbocycles. The zero-order valence-corrected chi connectivity index (χ0v) is 16.2. The summed E-state index contributed by atoms with van der Waals surface area (Å²) in [5.74, 6) is 0.143. The summed E-state index contributed by atoms with van der Waals surface area (Å²) in [5, 5.41) is 0. The van der Waals surface area contributed by atoms with Crippen LogP contribution in [0.4, 0.5) is 10.2 Å². The molecule has 0 spiro atoms. The molecule has 0 aliphatic rings. The number of benzene rings is 1. The van der Waals surface area contributed by atoms with Crippen LogP contribution in [0.15, 0.2) is 42.7 Å². The van der Waals surface area contributed by atoms with Gasteiger partial charge in [-0.05, 0) is 18.1 Å². The maximum Gasteiger partial charge on any atom is 0.320 e. The van der Waals surface area contributed by atoms with E-state index in [9.17, 15) is 9.18 Å². The Balaban J connectivity index is 1.88. The van der Waals surface area contributed by atoms with Gasteiger partial charge in [0.15, 0.2) is 17.0 Å². The number of ether oxygens (including phenoxy) is 1. The Morgan fingerprint density at radius 2 is 1.97 bits per heavy atom. The summed E-state index contributed by atoms with van der Waals surface area (Å²) < 4.78 is 21.2. The summed E-state index contributed by atoms with van der Waals surface area (Å²) in [6.07, 6.45) is 4.23. The maximum atomic E-state index is 13.8. The monoisotopic (exact) mass is 406 g/mol. The molecule has 0 amide bonds. The second-order valence-electron chi connectivity index (χ2n) is 6.68. The van der Waals surface area contributed by atoms with Crippen molar-refractivity contribution in [3.8, 4) is 17.4 Å². The largest absolute Gasteiger partial charge is 0.463 e.